The summed E-state index contributed by atoms with van der Waals surface area (Å²) in [5.41, 5.74) is 0.518. The predicted molar refractivity (Wildman–Crippen MR) is 86.3 cm³/mol. The van der Waals surface area contributed by atoms with Gasteiger partial charge in [-0.25, -0.2) is 4.39 Å². The van der Waals surface area contributed by atoms with Gasteiger partial charge in [0.1, 0.15) is 5.82 Å². The third-order valence-corrected chi connectivity index (χ3v) is 4.70. The van der Waals surface area contributed by atoms with Crippen LogP contribution in [0.15, 0.2) is 18.2 Å². The number of hydrogen-bond acceptors (Lipinski definition) is 4. The first-order valence-corrected chi connectivity index (χ1v) is 8.01. The van der Waals surface area contributed by atoms with Crippen LogP contribution in [0.25, 0.3) is 10.1 Å². The molecule has 1 aromatic carbocycles. The molecule has 0 bridgehead atoms. The van der Waals surface area contributed by atoms with Crippen LogP contribution in [0.5, 0.6) is 0 Å². The molecular weight excluding hydrogens is 321 g/mol. The lowest BCUT2D eigenvalue weighted by atomic mass is 10.1. The number of rotatable bonds is 7. The highest BCUT2D eigenvalue weighted by atomic mass is 32.1. The molecule has 7 heteroatoms. The summed E-state index contributed by atoms with van der Waals surface area (Å²) in [4.78, 5) is 25.3. The van der Waals surface area contributed by atoms with Crippen LogP contribution < -0.4 is 0 Å². The van der Waals surface area contributed by atoms with Crippen LogP contribution in [-0.2, 0) is 16.1 Å². The Kier molecular flexibility index (Phi) is 5.68. The summed E-state index contributed by atoms with van der Waals surface area (Å²) < 4.78 is 19.9. The maximum Gasteiger partial charge on any atom is 0.305 e. The standard InChI is InChI=1S/C16H18FNO4S/c1-3-18(8-7-13(19)20)16(21)15-10(9-22-2)14-11(17)5-4-6-12(14)23-15/h4-6H,3,7-9H2,1-2H3,(H,19,20). The van der Waals surface area contributed by atoms with Gasteiger partial charge in [-0.3, -0.25) is 9.59 Å². The lowest BCUT2D eigenvalue weighted by Crippen LogP contribution is -2.32. The van der Waals surface area contributed by atoms with Crippen LogP contribution in [0.1, 0.15) is 28.6 Å². The van der Waals surface area contributed by atoms with Gasteiger partial charge in [0.15, 0.2) is 0 Å². The Morgan fingerprint density at radius 1 is 1.39 bits per heavy atom. The number of benzene rings is 1. The second kappa shape index (κ2) is 7.52. The number of methoxy groups -OCH3 is 1. The number of carbonyl (C=O) groups is 2. The van der Waals surface area contributed by atoms with Crippen molar-refractivity contribution in [2.24, 2.45) is 0 Å². The average molecular weight is 339 g/mol. The summed E-state index contributed by atoms with van der Waals surface area (Å²) in [6.07, 6.45) is -0.127. The zero-order valence-corrected chi connectivity index (χ0v) is 13.8. The highest BCUT2D eigenvalue weighted by Crippen LogP contribution is 2.34. The van der Waals surface area contributed by atoms with E-state index in [1.54, 1.807) is 19.1 Å². The summed E-state index contributed by atoms with van der Waals surface area (Å²) in [5.74, 6) is -1.64. The monoisotopic (exact) mass is 339 g/mol. The summed E-state index contributed by atoms with van der Waals surface area (Å²) in [5, 5.41) is 9.19. The average Bonchev–Trinajstić information content (AvgIpc) is 2.88. The number of aliphatic carboxylic acids is 1. The fraction of sp³-hybridized carbons (Fsp3) is 0.375. The minimum atomic E-state index is -0.962. The predicted octanol–water partition coefficient (Wildman–Crippen LogP) is 3.12. The van der Waals surface area contributed by atoms with Crippen LogP contribution in [-0.4, -0.2) is 42.1 Å². The van der Waals surface area contributed by atoms with Crippen LogP contribution in [0.3, 0.4) is 0 Å². The zero-order chi connectivity index (χ0) is 17.0. The molecule has 0 aliphatic rings. The number of amides is 1. The van der Waals surface area contributed by atoms with Crippen molar-refractivity contribution >= 4 is 33.3 Å². The van der Waals surface area contributed by atoms with Crippen molar-refractivity contribution in [2.45, 2.75) is 20.0 Å². The molecule has 1 N–H and O–H groups in total. The lowest BCUT2D eigenvalue weighted by Gasteiger charge is -2.20. The Hall–Kier alpha value is -1.99. The quantitative estimate of drug-likeness (QED) is 0.842. The van der Waals surface area contributed by atoms with Crippen LogP contribution in [0.4, 0.5) is 4.39 Å². The van der Waals surface area contributed by atoms with E-state index < -0.39 is 11.8 Å². The number of thiophene rings is 1. The van der Waals surface area contributed by atoms with E-state index in [4.69, 9.17) is 9.84 Å². The molecule has 0 unspecified atom stereocenters. The van der Waals surface area contributed by atoms with Crippen molar-refractivity contribution in [3.05, 3.63) is 34.5 Å². The lowest BCUT2D eigenvalue weighted by molar-refractivity contribution is -0.137. The Bertz CT molecular complexity index is 728. The molecular formula is C16H18FNO4S. The molecule has 2 rings (SSSR count). The molecule has 5 nitrogen and oxygen atoms in total. The molecule has 0 aliphatic carbocycles. The van der Waals surface area contributed by atoms with Gasteiger partial charge in [-0.05, 0) is 19.1 Å². The van der Waals surface area contributed by atoms with Gasteiger partial charge in [0.2, 0.25) is 0 Å². The smallest absolute Gasteiger partial charge is 0.305 e. The fourth-order valence-electron chi connectivity index (χ4n) is 2.40. The Balaban J connectivity index is 2.44. The molecule has 2 aromatic rings. The van der Waals surface area contributed by atoms with E-state index in [0.29, 0.717) is 27.1 Å². The van der Waals surface area contributed by atoms with E-state index in [-0.39, 0.29) is 25.5 Å². The van der Waals surface area contributed by atoms with Crippen molar-refractivity contribution in [1.29, 1.82) is 0 Å². The zero-order valence-electron chi connectivity index (χ0n) is 13.0. The normalized spacial score (nSPS) is 10.9. The van der Waals surface area contributed by atoms with Gasteiger partial charge >= 0.3 is 5.97 Å². The van der Waals surface area contributed by atoms with Crippen LogP contribution in [0.2, 0.25) is 0 Å². The van der Waals surface area contributed by atoms with Crippen molar-refractivity contribution in [1.82, 2.24) is 4.90 Å². The number of carbonyl (C=O) groups excluding carboxylic acids is 1. The first kappa shape index (κ1) is 17.4. The number of nitrogens with zero attached hydrogens (tertiary/aromatic N) is 1. The minimum absolute atomic E-state index is 0.119. The second-order valence-electron chi connectivity index (χ2n) is 4.98. The van der Waals surface area contributed by atoms with Gasteiger partial charge in [0.25, 0.3) is 5.91 Å². The van der Waals surface area contributed by atoms with Crippen LogP contribution in [0, 0.1) is 5.82 Å². The molecule has 0 aliphatic heterocycles. The molecule has 0 saturated heterocycles. The summed E-state index contributed by atoms with van der Waals surface area (Å²) in [6, 6.07) is 4.71. The van der Waals surface area contributed by atoms with Crippen molar-refractivity contribution in [3.63, 3.8) is 0 Å². The molecule has 0 radical (unpaired) electrons. The highest BCUT2D eigenvalue weighted by molar-refractivity contribution is 7.21. The maximum absolute atomic E-state index is 14.1. The topological polar surface area (TPSA) is 66.8 Å². The SMILES string of the molecule is CCN(CCC(=O)O)C(=O)c1sc2cccc(F)c2c1COC. The van der Waals surface area contributed by atoms with Crippen molar-refractivity contribution < 1.29 is 23.8 Å². The third kappa shape index (κ3) is 3.68. The number of ether oxygens (including phenoxy) is 1. The van der Waals surface area contributed by atoms with Crippen molar-refractivity contribution in [2.75, 3.05) is 20.2 Å². The van der Waals surface area contributed by atoms with E-state index in [2.05, 4.69) is 0 Å². The first-order chi connectivity index (χ1) is 11.0. The van der Waals surface area contributed by atoms with Crippen LogP contribution >= 0.6 is 11.3 Å². The molecule has 1 aromatic heterocycles. The summed E-state index contributed by atoms with van der Waals surface area (Å²) in [7, 11) is 1.49. The van der Waals surface area contributed by atoms with Gasteiger partial charge in [0.05, 0.1) is 17.9 Å². The molecule has 0 spiro atoms. The number of halogens is 1. The molecule has 0 saturated carbocycles. The number of carboxylic acid groups (broad SMARTS) is 1. The largest absolute Gasteiger partial charge is 0.481 e. The summed E-state index contributed by atoms with van der Waals surface area (Å²) in [6.45, 7) is 2.41. The third-order valence-electron chi connectivity index (χ3n) is 3.51. The summed E-state index contributed by atoms with van der Waals surface area (Å²) >= 11 is 1.21. The maximum atomic E-state index is 14.1. The first-order valence-electron chi connectivity index (χ1n) is 7.19. The number of carboxylic acids is 1. The van der Waals surface area contributed by atoms with E-state index in [9.17, 15) is 14.0 Å². The van der Waals surface area contributed by atoms with Gasteiger partial charge < -0.3 is 14.7 Å². The van der Waals surface area contributed by atoms with Crippen molar-refractivity contribution in [3.8, 4) is 0 Å². The molecule has 1 amide bonds. The fourth-order valence-corrected chi connectivity index (χ4v) is 3.59. The Labute approximate surface area is 137 Å². The van der Waals surface area contributed by atoms with Gasteiger partial charge in [-0.1, -0.05) is 6.07 Å². The molecule has 0 fully saturated rings. The molecule has 23 heavy (non-hydrogen) atoms. The second-order valence-corrected chi connectivity index (χ2v) is 6.04. The number of hydrogen-bond donors (Lipinski definition) is 1. The highest BCUT2D eigenvalue weighted by Gasteiger charge is 2.24. The Morgan fingerprint density at radius 3 is 2.74 bits per heavy atom. The van der Waals surface area contributed by atoms with E-state index in [1.807, 2.05) is 0 Å². The van der Waals surface area contributed by atoms with Gasteiger partial charge in [0, 0.05) is 35.8 Å². The Morgan fingerprint density at radius 2 is 2.13 bits per heavy atom. The van der Waals surface area contributed by atoms with E-state index in [1.165, 1.54) is 29.4 Å². The molecule has 0 atom stereocenters. The van der Waals surface area contributed by atoms with Gasteiger partial charge in [-0.15, -0.1) is 11.3 Å². The number of fused-ring (bicyclic) bond motifs is 1. The minimum Gasteiger partial charge on any atom is -0.481 e. The van der Waals surface area contributed by atoms with Gasteiger partial charge in [-0.2, -0.15) is 0 Å². The van der Waals surface area contributed by atoms with E-state index in [0.717, 1.165) is 0 Å². The molecule has 1 heterocycles. The molecule has 124 valence electrons. The van der Waals surface area contributed by atoms with E-state index >= 15 is 0 Å².